The Morgan fingerprint density at radius 3 is 2.50 bits per heavy atom. The lowest BCUT2D eigenvalue weighted by molar-refractivity contribution is -0.274. The SMILES string of the molecule is Cc1cccc(OCc2c(-c3ccccc3OC(F)(F)F)noc2C(C)C)c1. The summed E-state index contributed by atoms with van der Waals surface area (Å²) in [6.45, 7) is 5.88. The first-order chi connectivity index (χ1) is 13.2. The molecule has 0 saturated carbocycles. The summed E-state index contributed by atoms with van der Waals surface area (Å²) in [7, 11) is 0. The van der Waals surface area contributed by atoms with Crippen molar-refractivity contribution in [2.75, 3.05) is 0 Å². The zero-order valence-corrected chi connectivity index (χ0v) is 15.7. The van der Waals surface area contributed by atoms with Gasteiger partial charge in [0.15, 0.2) is 0 Å². The average molecular weight is 391 g/mol. The average Bonchev–Trinajstić information content (AvgIpc) is 3.03. The van der Waals surface area contributed by atoms with Gasteiger partial charge in [-0.25, -0.2) is 0 Å². The van der Waals surface area contributed by atoms with E-state index in [4.69, 9.17) is 9.26 Å². The number of halogens is 3. The summed E-state index contributed by atoms with van der Waals surface area (Å²) < 4.78 is 53.8. The quantitative estimate of drug-likeness (QED) is 0.498. The molecular formula is C21H20F3NO3. The molecule has 1 heterocycles. The number of alkyl halides is 3. The Labute approximate surface area is 160 Å². The van der Waals surface area contributed by atoms with Crippen molar-refractivity contribution < 1.29 is 27.2 Å². The number of rotatable bonds is 6. The third-order valence-electron chi connectivity index (χ3n) is 4.08. The number of hydrogen-bond acceptors (Lipinski definition) is 4. The molecule has 2 aromatic carbocycles. The number of aromatic nitrogens is 1. The van der Waals surface area contributed by atoms with E-state index in [9.17, 15) is 13.2 Å². The molecule has 1 aromatic heterocycles. The molecular weight excluding hydrogens is 371 g/mol. The third kappa shape index (κ3) is 4.65. The van der Waals surface area contributed by atoms with Gasteiger partial charge in [0.05, 0.1) is 5.56 Å². The van der Waals surface area contributed by atoms with Gasteiger partial charge in [0.1, 0.15) is 29.6 Å². The van der Waals surface area contributed by atoms with E-state index in [-0.39, 0.29) is 29.5 Å². The lowest BCUT2D eigenvalue weighted by Crippen LogP contribution is -2.17. The number of aryl methyl sites for hydroxylation is 1. The molecule has 0 saturated heterocycles. The van der Waals surface area contributed by atoms with Gasteiger partial charge in [-0.05, 0) is 36.8 Å². The van der Waals surface area contributed by atoms with Crippen molar-refractivity contribution in [3.05, 3.63) is 65.4 Å². The maximum absolute atomic E-state index is 12.8. The highest BCUT2D eigenvalue weighted by Gasteiger charge is 2.33. The molecule has 4 nitrogen and oxygen atoms in total. The highest BCUT2D eigenvalue weighted by atomic mass is 19.4. The van der Waals surface area contributed by atoms with Crippen molar-refractivity contribution in [1.29, 1.82) is 0 Å². The number of hydrogen-bond donors (Lipinski definition) is 0. The van der Waals surface area contributed by atoms with Crippen LogP contribution in [0, 0.1) is 6.92 Å². The van der Waals surface area contributed by atoms with Crippen LogP contribution in [0.5, 0.6) is 11.5 Å². The van der Waals surface area contributed by atoms with Crippen LogP contribution in [0.1, 0.15) is 36.7 Å². The highest BCUT2D eigenvalue weighted by Crippen LogP contribution is 2.37. The second-order valence-electron chi connectivity index (χ2n) is 6.68. The fourth-order valence-electron chi connectivity index (χ4n) is 2.86. The summed E-state index contributed by atoms with van der Waals surface area (Å²) in [5, 5.41) is 4.03. The van der Waals surface area contributed by atoms with Crippen molar-refractivity contribution in [2.45, 2.75) is 39.7 Å². The molecule has 148 valence electrons. The predicted octanol–water partition coefficient (Wildman–Crippen LogP) is 6.25. The van der Waals surface area contributed by atoms with E-state index in [0.29, 0.717) is 17.1 Å². The summed E-state index contributed by atoms with van der Waals surface area (Å²) in [5.74, 6) is 0.856. The Morgan fingerprint density at radius 1 is 1.07 bits per heavy atom. The molecule has 0 aliphatic heterocycles. The van der Waals surface area contributed by atoms with Crippen LogP contribution in [-0.2, 0) is 6.61 Å². The molecule has 3 aromatic rings. The maximum Gasteiger partial charge on any atom is 0.573 e. The first kappa shape index (κ1) is 19.8. The van der Waals surface area contributed by atoms with E-state index in [1.807, 2.05) is 45.0 Å². The van der Waals surface area contributed by atoms with Gasteiger partial charge >= 0.3 is 6.36 Å². The van der Waals surface area contributed by atoms with Gasteiger partial charge in [0, 0.05) is 11.5 Å². The summed E-state index contributed by atoms with van der Waals surface area (Å²) in [6, 6.07) is 13.4. The molecule has 0 spiro atoms. The lowest BCUT2D eigenvalue weighted by Gasteiger charge is -2.13. The number of nitrogens with zero attached hydrogens (tertiary/aromatic N) is 1. The van der Waals surface area contributed by atoms with Crippen molar-refractivity contribution >= 4 is 0 Å². The fourth-order valence-corrected chi connectivity index (χ4v) is 2.86. The number of ether oxygens (including phenoxy) is 2. The Hall–Kier alpha value is -2.96. The summed E-state index contributed by atoms with van der Waals surface area (Å²) in [5.41, 5.74) is 2.10. The fraction of sp³-hybridized carbons (Fsp3) is 0.286. The lowest BCUT2D eigenvalue weighted by atomic mass is 10.0. The van der Waals surface area contributed by atoms with Crippen molar-refractivity contribution in [1.82, 2.24) is 5.16 Å². The summed E-state index contributed by atoms with van der Waals surface area (Å²) in [6.07, 6.45) is -4.81. The van der Waals surface area contributed by atoms with Crippen LogP contribution in [-0.4, -0.2) is 11.5 Å². The minimum absolute atomic E-state index is 0.0203. The van der Waals surface area contributed by atoms with Gasteiger partial charge in [-0.15, -0.1) is 13.2 Å². The minimum atomic E-state index is -4.81. The normalized spacial score (nSPS) is 11.7. The Morgan fingerprint density at radius 2 is 1.82 bits per heavy atom. The van der Waals surface area contributed by atoms with E-state index in [1.165, 1.54) is 18.2 Å². The van der Waals surface area contributed by atoms with Crippen LogP contribution in [0.3, 0.4) is 0 Å². The van der Waals surface area contributed by atoms with Gasteiger partial charge in [-0.2, -0.15) is 0 Å². The molecule has 0 N–H and O–H groups in total. The van der Waals surface area contributed by atoms with E-state index in [0.717, 1.165) is 5.56 Å². The van der Waals surface area contributed by atoms with Crippen LogP contribution in [0.15, 0.2) is 53.1 Å². The molecule has 3 rings (SSSR count). The monoisotopic (exact) mass is 391 g/mol. The van der Waals surface area contributed by atoms with Gasteiger partial charge < -0.3 is 14.0 Å². The molecule has 0 aliphatic carbocycles. The third-order valence-corrected chi connectivity index (χ3v) is 4.08. The van der Waals surface area contributed by atoms with Crippen LogP contribution in [0.2, 0.25) is 0 Å². The van der Waals surface area contributed by atoms with Crippen LogP contribution in [0.25, 0.3) is 11.3 Å². The van der Waals surface area contributed by atoms with Crippen LogP contribution in [0.4, 0.5) is 13.2 Å². The maximum atomic E-state index is 12.8. The molecule has 0 radical (unpaired) electrons. The van der Waals surface area contributed by atoms with Gasteiger partial charge in [-0.1, -0.05) is 43.3 Å². The van der Waals surface area contributed by atoms with E-state index < -0.39 is 6.36 Å². The molecule has 0 aliphatic rings. The first-order valence-electron chi connectivity index (χ1n) is 8.77. The van der Waals surface area contributed by atoms with Gasteiger partial charge in [0.25, 0.3) is 0 Å². The van der Waals surface area contributed by atoms with E-state index >= 15 is 0 Å². The van der Waals surface area contributed by atoms with Crippen molar-refractivity contribution in [3.63, 3.8) is 0 Å². The zero-order chi connectivity index (χ0) is 20.3. The molecule has 7 heteroatoms. The van der Waals surface area contributed by atoms with E-state index in [2.05, 4.69) is 9.89 Å². The second-order valence-corrected chi connectivity index (χ2v) is 6.68. The van der Waals surface area contributed by atoms with Gasteiger partial charge in [-0.3, -0.25) is 0 Å². The molecule has 0 bridgehead atoms. The topological polar surface area (TPSA) is 44.5 Å². The molecule has 0 amide bonds. The predicted molar refractivity (Wildman–Crippen MR) is 98.2 cm³/mol. The Kier molecular flexibility index (Phi) is 5.63. The standard InChI is InChI=1S/C21H20F3NO3/c1-13(2)20-17(12-26-15-8-6-7-14(3)11-15)19(25-28-20)16-9-4-5-10-18(16)27-21(22,23)24/h4-11,13H,12H2,1-3H3. The largest absolute Gasteiger partial charge is 0.573 e. The smallest absolute Gasteiger partial charge is 0.489 e. The van der Waals surface area contributed by atoms with Crippen molar-refractivity contribution in [3.8, 4) is 22.8 Å². The molecule has 0 unspecified atom stereocenters. The zero-order valence-electron chi connectivity index (χ0n) is 15.7. The summed E-state index contributed by atoms with van der Waals surface area (Å²) in [4.78, 5) is 0. The number of para-hydroxylation sites is 1. The molecule has 0 atom stereocenters. The van der Waals surface area contributed by atoms with Gasteiger partial charge in [0.2, 0.25) is 0 Å². The number of benzene rings is 2. The van der Waals surface area contributed by atoms with Crippen molar-refractivity contribution in [2.24, 2.45) is 0 Å². The first-order valence-corrected chi connectivity index (χ1v) is 8.77. The Balaban J connectivity index is 1.99. The minimum Gasteiger partial charge on any atom is -0.489 e. The molecule has 28 heavy (non-hydrogen) atoms. The Bertz CT molecular complexity index is 948. The highest BCUT2D eigenvalue weighted by molar-refractivity contribution is 5.70. The summed E-state index contributed by atoms with van der Waals surface area (Å²) >= 11 is 0. The molecule has 0 fully saturated rings. The van der Waals surface area contributed by atoms with Crippen LogP contribution < -0.4 is 9.47 Å². The second kappa shape index (κ2) is 7.96. The van der Waals surface area contributed by atoms with E-state index in [1.54, 1.807) is 6.07 Å². The van der Waals surface area contributed by atoms with Crippen LogP contribution >= 0.6 is 0 Å².